The Bertz CT molecular complexity index is 781. The Morgan fingerprint density at radius 1 is 1.00 bits per heavy atom. The van der Waals surface area contributed by atoms with Crippen LogP contribution in [0.5, 0.6) is 5.75 Å². The van der Waals surface area contributed by atoms with Crippen LogP contribution in [-0.2, 0) is 0 Å². The summed E-state index contributed by atoms with van der Waals surface area (Å²) in [6.45, 7) is 6.64. The van der Waals surface area contributed by atoms with E-state index in [4.69, 9.17) is 10.00 Å². The zero-order valence-corrected chi connectivity index (χ0v) is 13.8. The van der Waals surface area contributed by atoms with Crippen molar-refractivity contribution < 1.29 is 4.74 Å². The molecule has 1 atom stereocenters. The van der Waals surface area contributed by atoms with Crippen molar-refractivity contribution >= 4 is 0 Å². The molecule has 0 heterocycles. The fraction of sp³-hybridized carbons (Fsp3) is 0.300. The van der Waals surface area contributed by atoms with E-state index >= 15 is 0 Å². The molecule has 0 aliphatic heterocycles. The van der Waals surface area contributed by atoms with E-state index in [-0.39, 0.29) is 5.92 Å². The SMILES string of the molecule is Cc1cc(C)c(OCCC(C#N)c2cccc(C#N)c2)cc1C. The molecule has 2 aromatic rings. The second-order valence-electron chi connectivity index (χ2n) is 5.76. The van der Waals surface area contributed by atoms with Crippen molar-refractivity contribution in [2.45, 2.75) is 33.1 Å². The van der Waals surface area contributed by atoms with Gasteiger partial charge in [-0.05, 0) is 61.2 Å². The predicted molar refractivity (Wildman–Crippen MR) is 90.3 cm³/mol. The van der Waals surface area contributed by atoms with Gasteiger partial charge in [0.2, 0.25) is 0 Å². The van der Waals surface area contributed by atoms with Gasteiger partial charge in [-0.3, -0.25) is 0 Å². The van der Waals surface area contributed by atoms with Crippen molar-refractivity contribution in [1.82, 2.24) is 0 Å². The molecule has 116 valence electrons. The lowest BCUT2D eigenvalue weighted by atomic mass is 9.96. The molecule has 0 fully saturated rings. The molecule has 0 saturated carbocycles. The number of benzene rings is 2. The van der Waals surface area contributed by atoms with Crippen LogP contribution in [0.4, 0.5) is 0 Å². The van der Waals surface area contributed by atoms with Crippen LogP contribution in [0.2, 0.25) is 0 Å². The van der Waals surface area contributed by atoms with Gasteiger partial charge in [0.15, 0.2) is 0 Å². The summed E-state index contributed by atoms with van der Waals surface area (Å²) in [7, 11) is 0. The zero-order chi connectivity index (χ0) is 16.8. The van der Waals surface area contributed by atoms with Crippen LogP contribution >= 0.6 is 0 Å². The van der Waals surface area contributed by atoms with Crippen molar-refractivity contribution in [3.63, 3.8) is 0 Å². The monoisotopic (exact) mass is 304 g/mol. The van der Waals surface area contributed by atoms with Gasteiger partial charge < -0.3 is 4.74 Å². The molecule has 0 spiro atoms. The minimum Gasteiger partial charge on any atom is -0.493 e. The molecule has 1 unspecified atom stereocenters. The van der Waals surface area contributed by atoms with E-state index in [0.29, 0.717) is 18.6 Å². The molecule has 0 amide bonds. The van der Waals surface area contributed by atoms with Crippen molar-refractivity contribution in [1.29, 1.82) is 10.5 Å². The normalized spacial score (nSPS) is 11.3. The molecule has 2 rings (SSSR count). The van der Waals surface area contributed by atoms with E-state index in [9.17, 15) is 5.26 Å². The average molecular weight is 304 g/mol. The number of rotatable bonds is 5. The Morgan fingerprint density at radius 3 is 2.43 bits per heavy atom. The number of aryl methyl sites for hydroxylation is 3. The van der Waals surface area contributed by atoms with Gasteiger partial charge in [0.1, 0.15) is 5.75 Å². The highest BCUT2D eigenvalue weighted by Crippen LogP contribution is 2.24. The van der Waals surface area contributed by atoms with Crippen molar-refractivity contribution in [3.8, 4) is 17.9 Å². The summed E-state index contributed by atoms with van der Waals surface area (Å²) in [5.41, 5.74) is 5.00. The Hall–Kier alpha value is -2.78. The topological polar surface area (TPSA) is 56.8 Å². The van der Waals surface area contributed by atoms with E-state index in [1.807, 2.05) is 25.1 Å². The second kappa shape index (κ2) is 7.47. The van der Waals surface area contributed by atoms with Crippen LogP contribution in [0.1, 0.15) is 40.2 Å². The molecular formula is C20H20N2O. The molecule has 2 aromatic carbocycles. The quantitative estimate of drug-likeness (QED) is 0.813. The fourth-order valence-corrected chi connectivity index (χ4v) is 2.51. The lowest BCUT2D eigenvalue weighted by Gasteiger charge is -2.14. The van der Waals surface area contributed by atoms with Gasteiger partial charge in [0, 0.05) is 6.42 Å². The maximum Gasteiger partial charge on any atom is 0.122 e. The van der Waals surface area contributed by atoms with Gasteiger partial charge in [0.05, 0.1) is 30.2 Å². The molecule has 3 heteroatoms. The first kappa shape index (κ1) is 16.6. The first-order chi connectivity index (χ1) is 11.0. The highest BCUT2D eigenvalue weighted by molar-refractivity contribution is 5.41. The molecule has 0 saturated heterocycles. The molecule has 0 aliphatic carbocycles. The van der Waals surface area contributed by atoms with Crippen LogP contribution in [0, 0.1) is 43.4 Å². The Balaban J connectivity index is 2.03. The molecular weight excluding hydrogens is 284 g/mol. The van der Waals surface area contributed by atoms with E-state index in [1.54, 1.807) is 12.1 Å². The lowest BCUT2D eigenvalue weighted by molar-refractivity contribution is 0.303. The first-order valence-electron chi connectivity index (χ1n) is 7.65. The van der Waals surface area contributed by atoms with Gasteiger partial charge in [-0.25, -0.2) is 0 Å². The van der Waals surface area contributed by atoms with E-state index in [1.165, 1.54) is 11.1 Å². The summed E-state index contributed by atoms with van der Waals surface area (Å²) in [5, 5.41) is 18.3. The van der Waals surface area contributed by atoms with E-state index in [0.717, 1.165) is 16.9 Å². The summed E-state index contributed by atoms with van der Waals surface area (Å²) in [5.74, 6) is 0.603. The highest BCUT2D eigenvalue weighted by atomic mass is 16.5. The molecule has 23 heavy (non-hydrogen) atoms. The van der Waals surface area contributed by atoms with Gasteiger partial charge in [-0.15, -0.1) is 0 Å². The number of ether oxygens (including phenoxy) is 1. The lowest BCUT2D eigenvalue weighted by Crippen LogP contribution is -2.06. The maximum atomic E-state index is 9.39. The summed E-state index contributed by atoms with van der Waals surface area (Å²) < 4.78 is 5.87. The highest BCUT2D eigenvalue weighted by Gasteiger charge is 2.12. The fourth-order valence-electron chi connectivity index (χ4n) is 2.51. The first-order valence-corrected chi connectivity index (χ1v) is 7.65. The number of hydrogen-bond acceptors (Lipinski definition) is 3. The van der Waals surface area contributed by atoms with Gasteiger partial charge in [0.25, 0.3) is 0 Å². The summed E-state index contributed by atoms with van der Waals surface area (Å²) in [6.07, 6.45) is 0.595. The van der Waals surface area contributed by atoms with Crippen LogP contribution in [0.15, 0.2) is 36.4 Å². The smallest absolute Gasteiger partial charge is 0.122 e. The minimum atomic E-state index is -0.268. The van der Waals surface area contributed by atoms with Crippen LogP contribution < -0.4 is 4.74 Å². The molecule has 3 nitrogen and oxygen atoms in total. The molecule has 0 radical (unpaired) electrons. The Kier molecular flexibility index (Phi) is 5.39. The second-order valence-corrected chi connectivity index (χ2v) is 5.76. The van der Waals surface area contributed by atoms with Crippen LogP contribution in [0.25, 0.3) is 0 Å². The van der Waals surface area contributed by atoms with Crippen molar-refractivity contribution in [2.24, 2.45) is 0 Å². The van der Waals surface area contributed by atoms with Gasteiger partial charge >= 0.3 is 0 Å². The van der Waals surface area contributed by atoms with Crippen LogP contribution in [-0.4, -0.2) is 6.61 Å². The summed E-state index contributed by atoms with van der Waals surface area (Å²) in [6, 6.07) is 15.8. The summed E-state index contributed by atoms with van der Waals surface area (Å²) in [4.78, 5) is 0. The summed E-state index contributed by atoms with van der Waals surface area (Å²) >= 11 is 0. The zero-order valence-electron chi connectivity index (χ0n) is 13.8. The van der Waals surface area contributed by atoms with Crippen molar-refractivity contribution in [2.75, 3.05) is 6.61 Å². The third-order valence-electron chi connectivity index (χ3n) is 4.03. The third kappa shape index (κ3) is 4.11. The maximum absolute atomic E-state index is 9.39. The molecule has 0 N–H and O–H groups in total. The predicted octanol–water partition coefficient (Wildman–Crippen LogP) is 4.56. The third-order valence-corrected chi connectivity index (χ3v) is 4.03. The standard InChI is InChI=1S/C20H20N2O/c1-14-9-16(3)20(10-15(14)2)23-8-7-19(13-22)18-6-4-5-17(11-18)12-21/h4-6,9-11,19H,7-8H2,1-3H3. The number of hydrogen-bond donors (Lipinski definition) is 0. The van der Waals surface area contributed by atoms with Gasteiger partial charge in [-0.2, -0.15) is 10.5 Å². The minimum absolute atomic E-state index is 0.268. The van der Waals surface area contributed by atoms with Crippen molar-refractivity contribution in [3.05, 3.63) is 64.2 Å². The van der Waals surface area contributed by atoms with E-state index < -0.39 is 0 Å². The molecule has 0 bridgehead atoms. The Morgan fingerprint density at radius 2 is 1.74 bits per heavy atom. The van der Waals surface area contributed by atoms with Crippen LogP contribution in [0.3, 0.4) is 0 Å². The molecule has 0 aromatic heterocycles. The Labute approximate surface area is 137 Å². The van der Waals surface area contributed by atoms with E-state index in [2.05, 4.69) is 32.1 Å². The van der Waals surface area contributed by atoms with Gasteiger partial charge in [-0.1, -0.05) is 18.2 Å². The largest absolute Gasteiger partial charge is 0.493 e. The number of nitrogens with zero attached hydrogens (tertiary/aromatic N) is 2. The number of nitriles is 2. The molecule has 0 aliphatic rings. The average Bonchev–Trinajstić information content (AvgIpc) is 2.56.